The SMILES string of the molecule is c1ccc2c3nncc-3snc2c1. The molecule has 0 amide bonds. The molecule has 0 fully saturated rings. The summed E-state index contributed by atoms with van der Waals surface area (Å²) in [6.07, 6.45) is 1.75. The van der Waals surface area contributed by atoms with Gasteiger partial charge in [0, 0.05) is 5.39 Å². The van der Waals surface area contributed by atoms with Crippen LogP contribution in [0.5, 0.6) is 0 Å². The quantitative estimate of drug-likeness (QED) is 0.541. The molecule has 0 aliphatic carbocycles. The zero-order valence-corrected chi connectivity index (χ0v) is 7.45. The summed E-state index contributed by atoms with van der Waals surface area (Å²) in [5.41, 5.74) is 1.94. The van der Waals surface area contributed by atoms with Crippen LogP contribution in [0.3, 0.4) is 0 Å². The molecule has 13 heavy (non-hydrogen) atoms. The molecule has 0 saturated carbocycles. The van der Waals surface area contributed by atoms with Crippen LogP contribution in [0.25, 0.3) is 21.5 Å². The number of nitrogens with zero attached hydrogens (tertiary/aromatic N) is 3. The van der Waals surface area contributed by atoms with Crippen LogP contribution in [0.4, 0.5) is 0 Å². The Balaban J connectivity index is 2.57. The zero-order valence-electron chi connectivity index (χ0n) is 6.64. The molecule has 0 radical (unpaired) electrons. The molecule has 3 rings (SSSR count). The fourth-order valence-corrected chi connectivity index (χ4v) is 2.04. The van der Waals surface area contributed by atoms with Gasteiger partial charge in [-0.3, -0.25) is 0 Å². The van der Waals surface area contributed by atoms with Gasteiger partial charge in [0.25, 0.3) is 0 Å². The third kappa shape index (κ3) is 0.922. The fraction of sp³-hybridized carbons (Fsp3) is 0. The Bertz CT molecular complexity index is 531. The van der Waals surface area contributed by atoms with E-state index in [9.17, 15) is 0 Å². The number of benzene rings is 1. The first-order chi connectivity index (χ1) is 6.45. The molecule has 0 bridgehead atoms. The Morgan fingerprint density at radius 3 is 3.08 bits per heavy atom. The number of hydrogen-bond donors (Lipinski definition) is 0. The van der Waals surface area contributed by atoms with Crippen molar-refractivity contribution in [3.63, 3.8) is 0 Å². The highest BCUT2D eigenvalue weighted by molar-refractivity contribution is 7.09. The van der Waals surface area contributed by atoms with Crippen LogP contribution >= 0.6 is 11.5 Å². The van der Waals surface area contributed by atoms with E-state index < -0.39 is 0 Å². The lowest BCUT2D eigenvalue weighted by Crippen LogP contribution is -1.81. The molecule has 1 aromatic rings. The summed E-state index contributed by atoms with van der Waals surface area (Å²) in [6, 6.07) is 7.97. The van der Waals surface area contributed by atoms with Gasteiger partial charge in [-0.2, -0.15) is 9.47 Å². The standard InChI is InChI=1S/C9H5N3S/c1-2-4-7-6(3-1)9-8(13-12-7)5-10-11-9/h1-5H. The van der Waals surface area contributed by atoms with Crippen molar-refractivity contribution in [3.8, 4) is 10.6 Å². The zero-order chi connectivity index (χ0) is 8.67. The summed E-state index contributed by atoms with van der Waals surface area (Å²) in [4.78, 5) is 1.04. The molecular weight excluding hydrogens is 182 g/mol. The predicted molar refractivity (Wildman–Crippen MR) is 51.8 cm³/mol. The monoisotopic (exact) mass is 187 g/mol. The van der Waals surface area contributed by atoms with Gasteiger partial charge in [0.2, 0.25) is 0 Å². The second-order valence-corrected chi connectivity index (χ2v) is 3.56. The van der Waals surface area contributed by atoms with Crippen LogP contribution in [0, 0.1) is 0 Å². The van der Waals surface area contributed by atoms with E-state index >= 15 is 0 Å². The van der Waals surface area contributed by atoms with Crippen LogP contribution in [0.15, 0.2) is 30.5 Å². The summed E-state index contributed by atoms with van der Waals surface area (Å²) < 4.78 is 4.34. The average Bonchev–Trinajstić information content (AvgIpc) is 2.65. The number of fused-ring (bicyclic) bond motifs is 3. The summed E-state index contributed by atoms with van der Waals surface area (Å²) in [5, 5.41) is 9.02. The van der Waals surface area contributed by atoms with Crippen LogP contribution in [0.1, 0.15) is 0 Å². The molecule has 2 heterocycles. The molecule has 0 atom stereocenters. The second kappa shape index (κ2) is 2.47. The molecule has 3 nitrogen and oxygen atoms in total. The third-order valence-corrected chi connectivity index (χ3v) is 2.75. The van der Waals surface area contributed by atoms with Crippen molar-refractivity contribution in [1.29, 1.82) is 0 Å². The predicted octanol–water partition coefficient (Wildman–Crippen LogP) is 2.19. The van der Waals surface area contributed by atoms with Gasteiger partial charge in [-0.15, -0.1) is 5.10 Å². The molecule has 2 aliphatic heterocycles. The van der Waals surface area contributed by atoms with Crippen molar-refractivity contribution in [2.24, 2.45) is 0 Å². The van der Waals surface area contributed by atoms with Gasteiger partial charge < -0.3 is 0 Å². The van der Waals surface area contributed by atoms with E-state index in [1.807, 2.05) is 24.3 Å². The lowest BCUT2D eigenvalue weighted by Gasteiger charge is -1.98. The van der Waals surface area contributed by atoms with Crippen molar-refractivity contribution in [3.05, 3.63) is 30.5 Å². The Labute approximate surface area is 78.6 Å². The van der Waals surface area contributed by atoms with Gasteiger partial charge >= 0.3 is 0 Å². The Morgan fingerprint density at radius 2 is 2.08 bits per heavy atom. The van der Waals surface area contributed by atoms with Crippen LogP contribution in [-0.2, 0) is 0 Å². The summed E-state index contributed by atoms with van der Waals surface area (Å²) in [7, 11) is 0. The Hall–Kier alpha value is -1.55. The van der Waals surface area contributed by atoms with Crippen molar-refractivity contribution in [2.45, 2.75) is 0 Å². The van der Waals surface area contributed by atoms with Gasteiger partial charge in [-0.1, -0.05) is 18.2 Å². The van der Waals surface area contributed by atoms with Gasteiger partial charge in [-0.05, 0) is 17.6 Å². The normalized spacial score (nSPS) is 11.1. The van der Waals surface area contributed by atoms with Crippen LogP contribution in [-0.4, -0.2) is 14.6 Å². The highest BCUT2D eigenvalue weighted by Gasteiger charge is 2.10. The molecule has 0 aromatic heterocycles. The maximum Gasteiger partial charge on any atom is 0.115 e. The first-order valence-electron chi connectivity index (χ1n) is 3.91. The highest BCUT2D eigenvalue weighted by Crippen LogP contribution is 2.29. The van der Waals surface area contributed by atoms with Crippen molar-refractivity contribution in [2.75, 3.05) is 0 Å². The minimum absolute atomic E-state index is 0.954. The minimum atomic E-state index is 0.954. The number of hydrogen-bond acceptors (Lipinski definition) is 4. The third-order valence-electron chi connectivity index (χ3n) is 1.97. The fourth-order valence-electron chi connectivity index (χ4n) is 1.35. The highest BCUT2D eigenvalue weighted by atomic mass is 32.1. The molecule has 62 valence electrons. The minimum Gasteiger partial charge on any atom is -0.192 e. The van der Waals surface area contributed by atoms with Gasteiger partial charge in [0.05, 0.1) is 16.6 Å². The van der Waals surface area contributed by atoms with Gasteiger partial charge in [-0.25, -0.2) is 0 Å². The lowest BCUT2D eigenvalue weighted by molar-refractivity contribution is 1.11. The Kier molecular flexibility index (Phi) is 1.31. The lowest BCUT2D eigenvalue weighted by atomic mass is 10.2. The number of aromatic nitrogens is 3. The molecular formula is C9H5N3S. The summed E-state index contributed by atoms with van der Waals surface area (Å²) in [5.74, 6) is 0. The number of rotatable bonds is 0. The maximum atomic E-state index is 4.34. The topological polar surface area (TPSA) is 38.7 Å². The average molecular weight is 187 g/mol. The van der Waals surface area contributed by atoms with E-state index in [2.05, 4.69) is 14.6 Å². The molecule has 2 aliphatic rings. The van der Waals surface area contributed by atoms with Crippen molar-refractivity contribution in [1.82, 2.24) is 14.6 Å². The van der Waals surface area contributed by atoms with Crippen molar-refractivity contribution >= 4 is 22.4 Å². The van der Waals surface area contributed by atoms with E-state index in [0.29, 0.717) is 0 Å². The smallest absolute Gasteiger partial charge is 0.115 e. The Morgan fingerprint density at radius 1 is 1.15 bits per heavy atom. The molecule has 1 aromatic carbocycles. The maximum absolute atomic E-state index is 4.34. The molecule has 0 saturated heterocycles. The summed E-state index contributed by atoms with van der Waals surface area (Å²) in [6.45, 7) is 0. The van der Waals surface area contributed by atoms with E-state index in [-0.39, 0.29) is 0 Å². The van der Waals surface area contributed by atoms with Gasteiger partial charge in [0.15, 0.2) is 0 Å². The second-order valence-electron chi connectivity index (χ2n) is 2.76. The molecule has 0 spiro atoms. The molecule has 0 unspecified atom stereocenters. The van der Waals surface area contributed by atoms with Gasteiger partial charge in [0.1, 0.15) is 5.69 Å². The molecule has 0 N–H and O–H groups in total. The first-order valence-corrected chi connectivity index (χ1v) is 4.68. The van der Waals surface area contributed by atoms with Crippen molar-refractivity contribution < 1.29 is 0 Å². The van der Waals surface area contributed by atoms with E-state index in [4.69, 9.17) is 0 Å². The molecule has 4 heteroatoms. The first kappa shape index (κ1) is 6.91. The van der Waals surface area contributed by atoms with Crippen LogP contribution in [0.2, 0.25) is 0 Å². The largest absolute Gasteiger partial charge is 0.192 e. The van der Waals surface area contributed by atoms with E-state index in [1.54, 1.807) is 6.20 Å². The van der Waals surface area contributed by atoms with E-state index in [1.165, 1.54) is 11.5 Å². The van der Waals surface area contributed by atoms with E-state index in [0.717, 1.165) is 21.5 Å². The summed E-state index contributed by atoms with van der Waals surface area (Å²) >= 11 is 1.44. The van der Waals surface area contributed by atoms with Crippen LogP contribution < -0.4 is 0 Å².